The van der Waals surface area contributed by atoms with E-state index >= 15 is 0 Å². The van der Waals surface area contributed by atoms with Crippen molar-refractivity contribution < 1.29 is 4.79 Å². The third-order valence-electron chi connectivity index (χ3n) is 4.00. The minimum Gasteiger partial charge on any atom is -0.335 e. The molecule has 6 nitrogen and oxygen atoms in total. The number of carbonyl (C=O) groups excluding carboxylic acids is 1. The topological polar surface area (TPSA) is 61.4 Å². The molecule has 25 heavy (non-hydrogen) atoms. The molecule has 0 saturated carbocycles. The van der Waals surface area contributed by atoms with Gasteiger partial charge in [0.15, 0.2) is 5.13 Å². The van der Waals surface area contributed by atoms with E-state index in [1.165, 1.54) is 11.3 Å². The highest BCUT2D eigenvalue weighted by atomic mass is 35.5. The highest BCUT2D eigenvalue weighted by molar-refractivity contribution is 7.17. The summed E-state index contributed by atoms with van der Waals surface area (Å²) in [6.07, 6.45) is 3.46. The summed E-state index contributed by atoms with van der Waals surface area (Å²) >= 11 is 7.19. The summed E-state index contributed by atoms with van der Waals surface area (Å²) in [5, 5.41) is 4.35. The van der Waals surface area contributed by atoms with Gasteiger partial charge < -0.3 is 10.2 Å². The van der Waals surface area contributed by atoms with Gasteiger partial charge in [0.05, 0.1) is 10.7 Å². The minimum absolute atomic E-state index is 0.0466. The Bertz CT molecular complexity index is 753. The SMILES string of the molecule is C=CCN1CCN(C(=O)c2sc(Nc3ccc(Cl)cn3)nc2C)CC1. The average molecular weight is 378 g/mol. The third-order valence-corrected chi connectivity index (χ3v) is 5.28. The molecule has 132 valence electrons. The van der Waals surface area contributed by atoms with Crippen molar-refractivity contribution in [2.75, 3.05) is 38.0 Å². The van der Waals surface area contributed by atoms with Crippen molar-refractivity contribution in [1.82, 2.24) is 19.8 Å². The second-order valence-electron chi connectivity index (χ2n) is 5.80. The lowest BCUT2D eigenvalue weighted by Crippen LogP contribution is -2.48. The van der Waals surface area contributed by atoms with Crippen LogP contribution in [0.3, 0.4) is 0 Å². The van der Waals surface area contributed by atoms with Gasteiger partial charge in [0.25, 0.3) is 5.91 Å². The van der Waals surface area contributed by atoms with Crippen LogP contribution in [0.2, 0.25) is 5.02 Å². The van der Waals surface area contributed by atoms with E-state index in [0.29, 0.717) is 20.8 Å². The zero-order valence-electron chi connectivity index (χ0n) is 14.0. The standard InChI is InChI=1S/C17H20ClN5OS/c1-3-6-22-7-9-23(10-8-22)16(24)15-12(2)20-17(25-15)21-14-5-4-13(18)11-19-14/h3-5,11H,1,6-10H2,2H3,(H,19,20,21). The highest BCUT2D eigenvalue weighted by Gasteiger charge is 2.25. The maximum Gasteiger partial charge on any atom is 0.266 e. The van der Waals surface area contributed by atoms with Gasteiger partial charge in [0.2, 0.25) is 0 Å². The van der Waals surface area contributed by atoms with Crippen LogP contribution in [-0.2, 0) is 0 Å². The molecule has 3 heterocycles. The Kier molecular flexibility index (Phi) is 5.67. The second-order valence-corrected chi connectivity index (χ2v) is 7.24. The number of nitrogens with zero attached hydrogens (tertiary/aromatic N) is 4. The van der Waals surface area contributed by atoms with Crippen molar-refractivity contribution in [3.05, 3.63) is 46.6 Å². The second kappa shape index (κ2) is 7.95. The first kappa shape index (κ1) is 17.8. The Morgan fingerprint density at radius 3 is 2.80 bits per heavy atom. The Hall–Kier alpha value is -1.96. The number of nitrogens with one attached hydrogen (secondary N) is 1. The van der Waals surface area contributed by atoms with Gasteiger partial charge in [-0.2, -0.15) is 0 Å². The summed E-state index contributed by atoms with van der Waals surface area (Å²) < 4.78 is 0. The number of pyridine rings is 1. The highest BCUT2D eigenvalue weighted by Crippen LogP contribution is 2.27. The fraction of sp³-hybridized carbons (Fsp3) is 0.353. The molecule has 1 saturated heterocycles. The van der Waals surface area contributed by atoms with Gasteiger partial charge in [-0.3, -0.25) is 9.69 Å². The average Bonchev–Trinajstić information content (AvgIpc) is 2.97. The van der Waals surface area contributed by atoms with Crippen molar-refractivity contribution in [1.29, 1.82) is 0 Å². The van der Waals surface area contributed by atoms with Crippen LogP contribution in [0.15, 0.2) is 31.0 Å². The maximum absolute atomic E-state index is 12.8. The van der Waals surface area contributed by atoms with Crippen LogP contribution in [0.5, 0.6) is 0 Å². The first-order chi connectivity index (χ1) is 12.1. The molecule has 0 bridgehead atoms. The number of aromatic nitrogens is 2. The first-order valence-corrected chi connectivity index (χ1v) is 9.25. The van der Waals surface area contributed by atoms with E-state index in [9.17, 15) is 4.79 Å². The number of thiazole rings is 1. The summed E-state index contributed by atoms with van der Waals surface area (Å²) in [4.78, 5) is 26.3. The van der Waals surface area contributed by atoms with Crippen LogP contribution in [0.4, 0.5) is 10.9 Å². The van der Waals surface area contributed by atoms with E-state index in [0.717, 1.165) is 38.4 Å². The van der Waals surface area contributed by atoms with Crippen LogP contribution in [0.1, 0.15) is 15.4 Å². The molecule has 0 aromatic carbocycles. The van der Waals surface area contributed by atoms with E-state index in [4.69, 9.17) is 11.6 Å². The van der Waals surface area contributed by atoms with E-state index in [1.807, 2.05) is 17.9 Å². The largest absolute Gasteiger partial charge is 0.335 e. The predicted octanol–water partition coefficient (Wildman–Crippen LogP) is 3.19. The van der Waals surface area contributed by atoms with Gasteiger partial charge in [0, 0.05) is 38.9 Å². The fourth-order valence-electron chi connectivity index (χ4n) is 2.67. The number of anilines is 2. The van der Waals surface area contributed by atoms with E-state index in [-0.39, 0.29) is 5.91 Å². The Labute approximate surface area is 156 Å². The molecule has 2 aromatic rings. The summed E-state index contributed by atoms with van der Waals surface area (Å²) in [7, 11) is 0. The predicted molar refractivity (Wildman–Crippen MR) is 102 cm³/mol. The molecule has 0 aliphatic carbocycles. The zero-order valence-corrected chi connectivity index (χ0v) is 15.6. The molecule has 1 aliphatic heterocycles. The molecule has 0 spiro atoms. The molecule has 3 rings (SSSR count). The number of hydrogen-bond donors (Lipinski definition) is 1. The Morgan fingerprint density at radius 1 is 1.40 bits per heavy atom. The van der Waals surface area contributed by atoms with Gasteiger partial charge in [-0.1, -0.05) is 29.0 Å². The number of amides is 1. The van der Waals surface area contributed by atoms with Crippen LogP contribution < -0.4 is 5.32 Å². The van der Waals surface area contributed by atoms with Crippen molar-refractivity contribution in [3.8, 4) is 0 Å². The number of rotatable bonds is 5. The van der Waals surface area contributed by atoms with Crippen molar-refractivity contribution in [2.45, 2.75) is 6.92 Å². The van der Waals surface area contributed by atoms with Crippen molar-refractivity contribution >= 4 is 39.8 Å². The molecule has 8 heteroatoms. The molecule has 1 N–H and O–H groups in total. The van der Waals surface area contributed by atoms with E-state index in [2.05, 4.69) is 26.8 Å². The quantitative estimate of drug-likeness (QED) is 0.811. The monoisotopic (exact) mass is 377 g/mol. The van der Waals surface area contributed by atoms with Crippen molar-refractivity contribution in [2.24, 2.45) is 0 Å². The summed E-state index contributed by atoms with van der Waals surface area (Å²) in [5.74, 6) is 0.695. The lowest BCUT2D eigenvalue weighted by Gasteiger charge is -2.33. The number of halogens is 1. The molecule has 1 amide bonds. The van der Waals surface area contributed by atoms with Crippen LogP contribution >= 0.6 is 22.9 Å². The number of carbonyl (C=O) groups is 1. The van der Waals surface area contributed by atoms with E-state index in [1.54, 1.807) is 18.3 Å². The van der Waals surface area contributed by atoms with Crippen LogP contribution in [0.25, 0.3) is 0 Å². The molecule has 1 fully saturated rings. The molecule has 1 aliphatic rings. The molecule has 2 aromatic heterocycles. The van der Waals surface area contributed by atoms with Crippen LogP contribution in [-0.4, -0.2) is 58.4 Å². The van der Waals surface area contributed by atoms with Crippen molar-refractivity contribution in [3.63, 3.8) is 0 Å². The van der Waals surface area contributed by atoms with Gasteiger partial charge >= 0.3 is 0 Å². The normalized spacial score (nSPS) is 15.2. The number of hydrogen-bond acceptors (Lipinski definition) is 6. The summed E-state index contributed by atoms with van der Waals surface area (Å²) in [6, 6.07) is 3.53. The molecule has 0 radical (unpaired) electrons. The molecule has 0 atom stereocenters. The zero-order chi connectivity index (χ0) is 17.8. The lowest BCUT2D eigenvalue weighted by molar-refractivity contribution is 0.0654. The summed E-state index contributed by atoms with van der Waals surface area (Å²) in [5.41, 5.74) is 0.736. The van der Waals surface area contributed by atoms with E-state index < -0.39 is 0 Å². The van der Waals surface area contributed by atoms with Gasteiger partial charge in [-0.25, -0.2) is 9.97 Å². The summed E-state index contributed by atoms with van der Waals surface area (Å²) in [6.45, 7) is 9.68. The Morgan fingerprint density at radius 2 is 2.16 bits per heavy atom. The minimum atomic E-state index is 0.0466. The van der Waals surface area contributed by atoms with Gasteiger partial charge in [-0.15, -0.1) is 6.58 Å². The number of aryl methyl sites for hydroxylation is 1. The maximum atomic E-state index is 12.8. The third kappa shape index (κ3) is 4.36. The van der Waals surface area contributed by atoms with Gasteiger partial charge in [0.1, 0.15) is 10.7 Å². The Balaban J connectivity index is 1.66. The lowest BCUT2D eigenvalue weighted by atomic mass is 10.2. The first-order valence-electron chi connectivity index (χ1n) is 8.05. The molecular formula is C17H20ClN5OS. The van der Waals surface area contributed by atoms with Crippen LogP contribution in [0, 0.1) is 6.92 Å². The van der Waals surface area contributed by atoms with Gasteiger partial charge in [-0.05, 0) is 19.1 Å². The fourth-order valence-corrected chi connectivity index (χ4v) is 3.72. The smallest absolute Gasteiger partial charge is 0.266 e. The number of piperazine rings is 1. The molecule has 0 unspecified atom stereocenters. The molecular weight excluding hydrogens is 358 g/mol.